The van der Waals surface area contributed by atoms with Gasteiger partial charge in [0.15, 0.2) is 0 Å². The Morgan fingerprint density at radius 2 is 1.94 bits per heavy atom. The van der Waals surface area contributed by atoms with Gasteiger partial charge in [-0.2, -0.15) is 0 Å². The molecule has 0 saturated carbocycles. The fourth-order valence-electron chi connectivity index (χ4n) is 3.54. The first-order chi connectivity index (χ1) is 17.2. The molecule has 3 amide bonds. The number of imide groups is 1. The minimum atomic E-state index is -0.605. The van der Waals surface area contributed by atoms with Crippen molar-refractivity contribution in [1.29, 1.82) is 0 Å². The van der Waals surface area contributed by atoms with Gasteiger partial charge in [0.1, 0.15) is 23.8 Å². The summed E-state index contributed by atoms with van der Waals surface area (Å²) in [5.41, 5.74) is 2.80. The van der Waals surface area contributed by atoms with Crippen molar-refractivity contribution in [3.8, 4) is 17.1 Å². The van der Waals surface area contributed by atoms with Gasteiger partial charge in [0.05, 0.1) is 28.6 Å². The van der Waals surface area contributed by atoms with Crippen molar-refractivity contribution in [3.05, 3.63) is 80.4 Å². The second kappa shape index (κ2) is 10.1. The number of hydrogen-bond acceptors (Lipinski definition) is 8. The van der Waals surface area contributed by atoms with E-state index in [2.05, 4.69) is 5.32 Å². The number of nitro benzene ring substituents is 1. The molecule has 1 N–H and O–H groups in total. The van der Waals surface area contributed by atoms with Gasteiger partial charge >= 0.3 is 0 Å². The fraction of sp³-hybridized carbons (Fsp3) is 0.160. The Balaban J connectivity index is 1.49. The number of amides is 3. The Bertz CT molecular complexity index is 1430. The Kier molecular flexibility index (Phi) is 6.93. The summed E-state index contributed by atoms with van der Waals surface area (Å²) in [6, 6.07) is 12.9. The van der Waals surface area contributed by atoms with Crippen molar-refractivity contribution >= 4 is 46.3 Å². The van der Waals surface area contributed by atoms with E-state index >= 15 is 0 Å². The number of hydrogen-bond donors (Lipinski definition) is 1. The van der Waals surface area contributed by atoms with Crippen LogP contribution in [-0.4, -0.2) is 40.5 Å². The van der Waals surface area contributed by atoms with Gasteiger partial charge in [-0.25, -0.2) is 0 Å². The van der Waals surface area contributed by atoms with Crippen LogP contribution in [0.3, 0.4) is 0 Å². The van der Waals surface area contributed by atoms with Crippen LogP contribution < -0.4 is 10.1 Å². The summed E-state index contributed by atoms with van der Waals surface area (Å²) in [6.45, 7) is 3.33. The van der Waals surface area contributed by atoms with Crippen LogP contribution >= 0.6 is 11.8 Å². The zero-order valence-corrected chi connectivity index (χ0v) is 20.4. The summed E-state index contributed by atoms with van der Waals surface area (Å²) in [4.78, 5) is 49.2. The van der Waals surface area contributed by atoms with Gasteiger partial charge in [-0.1, -0.05) is 12.1 Å². The van der Waals surface area contributed by atoms with E-state index in [-0.39, 0.29) is 22.1 Å². The molecule has 2 heterocycles. The van der Waals surface area contributed by atoms with Crippen molar-refractivity contribution in [1.82, 2.24) is 4.90 Å². The van der Waals surface area contributed by atoms with Crippen molar-refractivity contribution in [2.24, 2.45) is 0 Å². The van der Waals surface area contributed by atoms with Crippen LogP contribution in [0.5, 0.6) is 5.75 Å². The number of aryl methyl sites for hydroxylation is 2. The second-order valence-corrected chi connectivity index (χ2v) is 8.97. The Labute approximate surface area is 210 Å². The number of nitro groups is 1. The topological polar surface area (TPSA) is 132 Å². The molecule has 0 bridgehead atoms. The Morgan fingerprint density at radius 3 is 2.67 bits per heavy atom. The fourth-order valence-corrected chi connectivity index (χ4v) is 4.36. The predicted octanol–water partition coefficient (Wildman–Crippen LogP) is 5.16. The van der Waals surface area contributed by atoms with E-state index < -0.39 is 28.5 Å². The maximum atomic E-state index is 12.8. The number of thioether (sulfide) groups is 1. The van der Waals surface area contributed by atoms with Gasteiger partial charge in [-0.3, -0.25) is 29.4 Å². The first-order valence-corrected chi connectivity index (χ1v) is 11.5. The van der Waals surface area contributed by atoms with Crippen LogP contribution in [0.4, 0.5) is 16.2 Å². The highest BCUT2D eigenvalue weighted by Crippen LogP contribution is 2.36. The van der Waals surface area contributed by atoms with E-state index in [1.807, 2.05) is 32.0 Å². The number of nitrogens with zero attached hydrogens (tertiary/aromatic N) is 2. The van der Waals surface area contributed by atoms with Gasteiger partial charge in [-0.15, -0.1) is 0 Å². The molecule has 36 heavy (non-hydrogen) atoms. The molecule has 4 rings (SSSR count). The Morgan fingerprint density at radius 1 is 1.17 bits per heavy atom. The SMILES string of the molecule is COc1cc([N+](=O)[O-])ccc1-c1ccc(/C=C2/SC(=O)N(CC(=O)Nc3cc(C)ccc3C)C2=O)o1. The number of methoxy groups -OCH3 is 1. The van der Waals surface area contributed by atoms with Crippen molar-refractivity contribution in [3.63, 3.8) is 0 Å². The highest BCUT2D eigenvalue weighted by Gasteiger charge is 2.36. The first kappa shape index (κ1) is 24.7. The van der Waals surface area contributed by atoms with Crippen LogP contribution in [0.1, 0.15) is 16.9 Å². The molecule has 10 nitrogen and oxygen atoms in total. The lowest BCUT2D eigenvalue weighted by Gasteiger charge is -2.14. The van der Waals surface area contributed by atoms with E-state index in [4.69, 9.17) is 9.15 Å². The average molecular weight is 508 g/mol. The average Bonchev–Trinajstić information content (AvgIpc) is 3.41. The minimum Gasteiger partial charge on any atom is -0.496 e. The van der Waals surface area contributed by atoms with Crippen LogP contribution in [0.2, 0.25) is 0 Å². The minimum absolute atomic E-state index is 0.108. The molecule has 2 aromatic carbocycles. The molecule has 0 radical (unpaired) electrons. The van der Waals surface area contributed by atoms with Crippen molar-refractivity contribution < 1.29 is 28.5 Å². The maximum Gasteiger partial charge on any atom is 0.294 e. The molecule has 0 atom stereocenters. The molecule has 1 fully saturated rings. The molecule has 1 aromatic heterocycles. The standard InChI is InChI=1S/C25H21N3O7S/c1-14-4-5-15(2)19(10-14)26-23(29)13-27-24(30)22(36-25(27)31)12-17-7-9-20(35-17)18-8-6-16(28(32)33)11-21(18)34-3/h4-12H,13H2,1-3H3,(H,26,29)/b22-12+. The molecule has 0 unspecified atom stereocenters. The third-order valence-corrected chi connectivity index (χ3v) is 6.31. The van der Waals surface area contributed by atoms with Crippen molar-refractivity contribution in [2.45, 2.75) is 13.8 Å². The molecular formula is C25H21N3O7S. The summed E-state index contributed by atoms with van der Waals surface area (Å²) in [7, 11) is 1.39. The predicted molar refractivity (Wildman–Crippen MR) is 135 cm³/mol. The number of benzene rings is 2. The summed E-state index contributed by atoms with van der Waals surface area (Å²) < 4.78 is 11.0. The van der Waals surface area contributed by atoms with Crippen LogP contribution in [0.25, 0.3) is 17.4 Å². The highest BCUT2D eigenvalue weighted by atomic mass is 32.2. The van der Waals surface area contributed by atoms with E-state index in [9.17, 15) is 24.5 Å². The molecule has 1 saturated heterocycles. The summed E-state index contributed by atoms with van der Waals surface area (Å²) in [6.07, 6.45) is 1.41. The normalized spacial score (nSPS) is 14.4. The third kappa shape index (κ3) is 5.15. The number of furan rings is 1. The van der Waals surface area contributed by atoms with Gasteiger partial charge in [0.2, 0.25) is 5.91 Å². The van der Waals surface area contributed by atoms with Crippen LogP contribution in [-0.2, 0) is 9.59 Å². The van der Waals surface area contributed by atoms with Crippen LogP contribution in [0.15, 0.2) is 57.9 Å². The maximum absolute atomic E-state index is 12.8. The molecule has 3 aromatic rings. The van der Waals surface area contributed by atoms with E-state index in [0.717, 1.165) is 16.0 Å². The quantitative estimate of drug-likeness (QED) is 0.264. The summed E-state index contributed by atoms with van der Waals surface area (Å²) >= 11 is 0.707. The van der Waals surface area contributed by atoms with E-state index in [0.29, 0.717) is 28.8 Å². The number of non-ortho nitro benzene ring substituents is 1. The summed E-state index contributed by atoms with van der Waals surface area (Å²) in [5, 5.41) is 13.2. The third-order valence-electron chi connectivity index (χ3n) is 5.40. The zero-order chi connectivity index (χ0) is 26.0. The molecule has 0 aliphatic carbocycles. The van der Waals surface area contributed by atoms with Crippen LogP contribution in [0, 0.1) is 24.0 Å². The smallest absolute Gasteiger partial charge is 0.294 e. The van der Waals surface area contributed by atoms with Gasteiger partial charge in [0.25, 0.3) is 16.8 Å². The molecule has 184 valence electrons. The highest BCUT2D eigenvalue weighted by molar-refractivity contribution is 8.18. The molecule has 1 aliphatic rings. The van der Waals surface area contributed by atoms with Crippen molar-refractivity contribution in [2.75, 3.05) is 19.0 Å². The lowest BCUT2D eigenvalue weighted by Crippen LogP contribution is -2.36. The molecular weight excluding hydrogens is 486 g/mol. The lowest BCUT2D eigenvalue weighted by atomic mass is 10.1. The molecule has 1 aliphatic heterocycles. The van der Waals surface area contributed by atoms with E-state index in [1.165, 1.54) is 31.4 Å². The largest absolute Gasteiger partial charge is 0.496 e. The molecule has 0 spiro atoms. The van der Waals surface area contributed by atoms with Gasteiger partial charge in [-0.05, 0) is 61.0 Å². The Hall–Kier alpha value is -4.38. The van der Waals surface area contributed by atoms with Gasteiger partial charge < -0.3 is 14.5 Å². The number of nitrogens with one attached hydrogen (secondary N) is 1. The number of ether oxygens (including phenoxy) is 1. The number of carbonyl (C=O) groups is 3. The molecule has 11 heteroatoms. The van der Waals surface area contributed by atoms with Gasteiger partial charge in [0, 0.05) is 17.8 Å². The summed E-state index contributed by atoms with van der Waals surface area (Å²) in [5.74, 6) is -0.194. The van der Waals surface area contributed by atoms with E-state index in [1.54, 1.807) is 12.1 Å². The monoisotopic (exact) mass is 507 g/mol. The number of rotatable bonds is 7. The lowest BCUT2D eigenvalue weighted by molar-refractivity contribution is -0.384. The second-order valence-electron chi connectivity index (χ2n) is 7.98. The number of carbonyl (C=O) groups excluding carboxylic acids is 3. The first-order valence-electron chi connectivity index (χ1n) is 10.7. The zero-order valence-electron chi connectivity index (χ0n) is 19.6. The number of anilines is 1.